The van der Waals surface area contributed by atoms with Crippen molar-refractivity contribution < 1.29 is 9.47 Å². The zero-order valence-electron chi connectivity index (χ0n) is 22.8. The van der Waals surface area contributed by atoms with Gasteiger partial charge in [-0.05, 0) is 18.8 Å². The summed E-state index contributed by atoms with van der Waals surface area (Å²) >= 11 is 0. The molecule has 0 saturated heterocycles. The summed E-state index contributed by atoms with van der Waals surface area (Å²) in [4.78, 5) is 9.19. The fourth-order valence-electron chi connectivity index (χ4n) is 4.32. The number of hydrogen-bond donors (Lipinski definition) is 0. The molecule has 0 fully saturated rings. The molecule has 0 radical (unpaired) electrons. The second-order valence-electron chi connectivity index (χ2n) is 10.0. The van der Waals surface area contributed by atoms with Crippen LogP contribution in [0, 0.1) is 5.92 Å². The Morgan fingerprint density at radius 3 is 1.97 bits per heavy atom. The molecule has 1 aromatic carbocycles. The molecule has 0 amide bonds. The molecule has 0 aliphatic carbocycles. The van der Waals surface area contributed by atoms with Crippen LogP contribution >= 0.6 is 0 Å². The van der Waals surface area contributed by atoms with Gasteiger partial charge in [0.25, 0.3) is 0 Å². The monoisotopic (exact) mass is 482 g/mol. The number of unbranched alkanes of at least 4 members (excludes halogenated alkanes) is 12. The van der Waals surface area contributed by atoms with Crippen molar-refractivity contribution in [3.8, 4) is 23.0 Å². The molecule has 0 N–H and O–H groups in total. The molecule has 4 nitrogen and oxygen atoms in total. The van der Waals surface area contributed by atoms with E-state index in [1.165, 1.54) is 89.9 Å². The minimum atomic E-state index is 0.440. The lowest BCUT2D eigenvalue weighted by Crippen LogP contribution is -2.11. The molecular formula is C31H50N2O2. The molecular weight excluding hydrogens is 432 g/mol. The summed E-state index contributed by atoms with van der Waals surface area (Å²) in [5.74, 6) is 1.25. The molecule has 4 heteroatoms. The lowest BCUT2D eigenvalue weighted by molar-refractivity contribution is 0.230. The molecule has 196 valence electrons. The van der Waals surface area contributed by atoms with E-state index in [1.54, 1.807) is 6.20 Å². The van der Waals surface area contributed by atoms with E-state index in [-0.39, 0.29) is 0 Å². The Hall–Kier alpha value is -2.10. The predicted octanol–water partition coefficient (Wildman–Crippen LogP) is 9.43. The summed E-state index contributed by atoms with van der Waals surface area (Å²) in [5.41, 5.74) is 1.85. The van der Waals surface area contributed by atoms with E-state index in [0.717, 1.165) is 23.4 Å². The van der Waals surface area contributed by atoms with Crippen molar-refractivity contribution in [2.45, 2.75) is 117 Å². The molecule has 0 aliphatic rings. The molecule has 1 heterocycles. The van der Waals surface area contributed by atoms with Crippen LogP contribution in [0.5, 0.6) is 11.8 Å². The van der Waals surface area contributed by atoms with Gasteiger partial charge in [-0.1, -0.05) is 135 Å². The van der Waals surface area contributed by atoms with Crippen LogP contribution in [0.4, 0.5) is 0 Å². The molecule has 1 aromatic heterocycles. The summed E-state index contributed by atoms with van der Waals surface area (Å²) in [7, 11) is 0. The summed E-state index contributed by atoms with van der Waals surface area (Å²) in [6.07, 6.45) is 21.3. The molecule has 0 saturated carbocycles. The Morgan fingerprint density at radius 1 is 0.714 bits per heavy atom. The summed E-state index contributed by atoms with van der Waals surface area (Å²) in [6, 6.07) is 10.7. The summed E-state index contributed by atoms with van der Waals surface area (Å²) in [5, 5.41) is 0. The fourth-order valence-corrected chi connectivity index (χ4v) is 4.32. The lowest BCUT2D eigenvalue weighted by Gasteiger charge is -2.14. The third-order valence-corrected chi connectivity index (χ3v) is 6.58. The van der Waals surface area contributed by atoms with Gasteiger partial charge in [0.2, 0.25) is 0 Å². The third-order valence-electron chi connectivity index (χ3n) is 6.58. The standard InChI is InChI=1S/C31H50N2O2/c1-4-6-8-10-11-12-13-14-15-20-24-34-29-25-32-31(33-30(29)28-22-18-16-19-23-28)35-26-27(3)21-17-9-7-5-2/h16,18-19,22-23,25,27H,4-15,17,20-21,24,26H2,1-3H3. The largest absolute Gasteiger partial charge is 0.490 e. The van der Waals surface area contributed by atoms with E-state index in [0.29, 0.717) is 25.1 Å². The molecule has 1 unspecified atom stereocenters. The Balaban J connectivity index is 1.78. The van der Waals surface area contributed by atoms with Gasteiger partial charge in [0, 0.05) is 5.56 Å². The molecule has 1 atom stereocenters. The number of rotatable bonds is 21. The maximum absolute atomic E-state index is 6.14. The van der Waals surface area contributed by atoms with Gasteiger partial charge in [-0.15, -0.1) is 0 Å². The van der Waals surface area contributed by atoms with E-state index in [4.69, 9.17) is 14.5 Å². The molecule has 2 aromatic rings. The summed E-state index contributed by atoms with van der Waals surface area (Å²) < 4.78 is 12.1. The second-order valence-corrected chi connectivity index (χ2v) is 10.0. The molecule has 0 spiro atoms. The number of hydrogen-bond acceptors (Lipinski definition) is 4. The van der Waals surface area contributed by atoms with Crippen LogP contribution in [-0.4, -0.2) is 23.2 Å². The second kappa shape index (κ2) is 19.1. The highest BCUT2D eigenvalue weighted by atomic mass is 16.5. The van der Waals surface area contributed by atoms with E-state index in [1.807, 2.05) is 18.2 Å². The maximum Gasteiger partial charge on any atom is 0.317 e. The predicted molar refractivity (Wildman–Crippen MR) is 148 cm³/mol. The van der Waals surface area contributed by atoms with E-state index < -0.39 is 0 Å². The first-order chi connectivity index (χ1) is 17.2. The quantitative estimate of drug-likeness (QED) is 0.166. The van der Waals surface area contributed by atoms with E-state index in [2.05, 4.69) is 37.9 Å². The van der Waals surface area contributed by atoms with Gasteiger partial charge in [-0.3, -0.25) is 0 Å². The van der Waals surface area contributed by atoms with Gasteiger partial charge in [0.05, 0.1) is 19.4 Å². The minimum absolute atomic E-state index is 0.440. The van der Waals surface area contributed by atoms with Gasteiger partial charge in [-0.25, -0.2) is 0 Å². The molecule has 0 bridgehead atoms. The van der Waals surface area contributed by atoms with Crippen LogP contribution in [0.15, 0.2) is 36.5 Å². The third kappa shape index (κ3) is 13.0. The van der Waals surface area contributed by atoms with Crippen LogP contribution in [-0.2, 0) is 0 Å². The Labute approximate surface area is 215 Å². The van der Waals surface area contributed by atoms with Crippen LogP contribution in [0.2, 0.25) is 0 Å². The zero-order valence-corrected chi connectivity index (χ0v) is 22.8. The van der Waals surface area contributed by atoms with Crippen LogP contribution < -0.4 is 9.47 Å². The number of ether oxygens (including phenoxy) is 2. The van der Waals surface area contributed by atoms with Gasteiger partial charge in [0.1, 0.15) is 5.69 Å². The van der Waals surface area contributed by atoms with E-state index >= 15 is 0 Å². The highest BCUT2D eigenvalue weighted by molar-refractivity contribution is 5.65. The molecule has 35 heavy (non-hydrogen) atoms. The van der Waals surface area contributed by atoms with Crippen molar-refractivity contribution in [3.63, 3.8) is 0 Å². The normalized spacial score (nSPS) is 12.0. The van der Waals surface area contributed by atoms with Crippen molar-refractivity contribution in [1.29, 1.82) is 0 Å². The summed E-state index contributed by atoms with van der Waals surface area (Å²) in [6.45, 7) is 8.12. The van der Waals surface area contributed by atoms with Crippen LogP contribution in [0.3, 0.4) is 0 Å². The van der Waals surface area contributed by atoms with Crippen LogP contribution in [0.1, 0.15) is 117 Å². The van der Waals surface area contributed by atoms with E-state index in [9.17, 15) is 0 Å². The van der Waals surface area contributed by atoms with Gasteiger partial charge in [-0.2, -0.15) is 9.97 Å². The van der Waals surface area contributed by atoms with Crippen molar-refractivity contribution in [2.24, 2.45) is 5.92 Å². The Morgan fingerprint density at radius 2 is 1.31 bits per heavy atom. The number of aromatic nitrogens is 2. The zero-order chi connectivity index (χ0) is 25.0. The van der Waals surface area contributed by atoms with Crippen LogP contribution in [0.25, 0.3) is 11.3 Å². The first-order valence-corrected chi connectivity index (χ1v) is 14.4. The molecule has 2 rings (SSSR count). The van der Waals surface area contributed by atoms with Crippen molar-refractivity contribution >= 4 is 0 Å². The van der Waals surface area contributed by atoms with Gasteiger partial charge in [0.15, 0.2) is 5.75 Å². The van der Waals surface area contributed by atoms with Crippen molar-refractivity contribution in [2.75, 3.05) is 13.2 Å². The SMILES string of the molecule is CCCCCCCCCCCCOc1cnc(OCC(C)CCCCCC)nc1-c1ccccc1. The fraction of sp³-hybridized carbons (Fsp3) is 0.677. The van der Waals surface area contributed by atoms with Crippen molar-refractivity contribution in [3.05, 3.63) is 36.5 Å². The first kappa shape index (κ1) is 29.1. The minimum Gasteiger partial charge on any atom is -0.490 e. The molecule has 0 aliphatic heterocycles. The Kier molecular flexibility index (Phi) is 15.9. The van der Waals surface area contributed by atoms with Gasteiger partial charge >= 0.3 is 6.01 Å². The highest BCUT2D eigenvalue weighted by Crippen LogP contribution is 2.29. The smallest absolute Gasteiger partial charge is 0.317 e. The topological polar surface area (TPSA) is 44.2 Å². The first-order valence-electron chi connectivity index (χ1n) is 14.4. The van der Waals surface area contributed by atoms with Crippen molar-refractivity contribution in [1.82, 2.24) is 9.97 Å². The Bertz CT molecular complexity index is 766. The highest BCUT2D eigenvalue weighted by Gasteiger charge is 2.13. The lowest BCUT2D eigenvalue weighted by atomic mass is 10.0. The average molecular weight is 483 g/mol. The maximum atomic E-state index is 6.14. The number of benzene rings is 1. The average Bonchev–Trinajstić information content (AvgIpc) is 2.89. The number of nitrogens with zero attached hydrogens (tertiary/aromatic N) is 2. The van der Waals surface area contributed by atoms with Gasteiger partial charge < -0.3 is 9.47 Å².